The van der Waals surface area contributed by atoms with Gasteiger partial charge >= 0.3 is 0 Å². The lowest BCUT2D eigenvalue weighted by Crippen LogP contribution is -1.90. The molecule has 0 aliphatic carbocycles. The van der Waals surface area contributed by atoms with Crippen LogP contribution >= 0.6 is 0 Å². The number of carbonyl (C=O) groups excluding carboxylic acids is 1. The third-order valence-corrected chi connectivity index (χ3v) is 1.70. The molecule has 0 aliphatic rings. The topological polar surface area (TPSA) is 26.3 Å². The van der Waals surface area contributed by atoms with E-state index in [9.17, 15) is 4.79 Å². The van der Waals surface area contributed by atoms with Gasteiger partial charge in [0.2, 0.25) is 6.29 Å². The van der Waals surface area contributed by atoms with E-state index in [1.165, 1.54) is 0 Å². The molecule has 14 heavy (non-hydrogen) atoms. The summed E-state index contributed by atoms with van der Waals surface area (Å²) in [6.07, 6.45) is 5.82. The van der Waals surface area contributed by atoms with Crippen LogP contribution in [0.1, 0.15) is 18.9 Å². The number of ether oxygens (including phenoxy) is 1. The van der Waals surface area contributed by atoms with Crippen molar-refractivity contribution in [2.24, 2.45) is 0 Å². The first kappa shape index (κ1) is 10.5. The van der Waals surface area contributed by atoms with Gasteiger partial charge in [-0.3, -0.25) is 4.79 Å². The summed E-state index contributed by atoms with van der Waals surface area (Å²) in [7, 11) is 0. The molecule has 0 atom stereocenters. The number of benzene rings is 1. The number of hydrogen-bond donors (Lipinski definition) is 0. The monoisotopic (exact) mass is 189 g/mol. The summed E-state index contributed by atoms with van der Waals surface area (Å²) < 4.78 is 5.30. The van der Waals surface area contributed by atoms with Crippen molar-refractivity contribution in [2.45, 2.75) is 13.3 Å². The Bertz CT molecular complexity index is 299. The highest BCUT2D eigenvalue weighted by molar-refractivity contribution is 5.58. The van der Waals surface area contributed by atoms with Crippen LogP contribution in [0.5, 0.6) is 5.75 Å². The Morgan fingerprint density at radius 3 is 2.64 bits per heavy atom. The first-order valence-corrected chi connectivity index (χ1v) is 4.61. The average Bonchev–Trinajstić information content (AvgIpc) is 2.21. The third-order valence-electron chi connectivity index (χ3n) is 1.70. The van der Waals surface area contributed by atoms with E-state index in [-0.39, 0.29) is 0 Å². The molecule has 1 aromatic rings. The highest BCUT2D eigenvalue weighted by Crippen LogP contribution is 2.12. The highest BCUT2D eigenvalue weighted by Gasteiger charge is 1.90. The Hall–Kier alpha value is -1.57. The van der Waals surface area contributed by atoms with Gasteiger partial charge in [0, 0.05) is 6.42 Å². The standard InChI is InChI=1S/C12H13O2/c1-2-14-12-8-6-11(7-9-12)5-3-4-10-13/h3,5-9H,2,4H2,1H3. The van der Waals surface area contributed by atoms with Crippen molar-refractivity contribution in [3.63, 3.8) is 0 Å². The summed E-state index contributed by atoms with van der Waals surface area (Å²) >= 11 is 0. The Morgan fingerprint density at radius 2 is 2.07 bits per heavy atom. The van der Waals surface area contributed by atoms with E-state index in [0.717, 1.165) is 11.3 Å². The van der Waals surface area contributed by atoms with Crippen LogP contribution in [-0.4, -0.2) is 12.9 Å². The van der Waals surface area contributed by atoms with Crippen molar-refractivity contribution < 1.29 is 9.53 Å². The van der Waals surface area contributed by atoms with Crippen molar-refractivity contribution in [1.29, 1.82) is 0 Å². The van der Waals surface area contributed by atoms with Gasteiger partial charge in [0.15, 0.2) is 0 Å². The largest absolute Gasteiger partial charge is 0.494 e. The smallest absolute Gasteiger partial charge is 0.202 e. The number of hydrogen-bond acceptors (Lipinski definition) is 2. The lowest BCUT2D eigenvalue weighted by Gasteiger charge is -2.01. The SMILES string of the molecule is CCOc1ccc(C=CC[C]=O)cc1. The van der Waals surface area contributed by atoms with Gasteiger partial charge in [-0.2, -0.15) is 0 Å². The summed E-state index contributed by atoms with van der Waals surface area (Å²) in [5.74, 6) is 0.867. The van der Waals surface area contributed by atoms with Crippen molar-refractivity contribution in [1.82, 2.24) is 0 Å². The Balaban J connectivity index is 2.58. The molecular formula is C12H13O2. The number of rotatable bonds is 5. The third kappa shape index (κ3) is 3.44. The molecule has 1 rings (SSSR count). The minimum absolute atomic E-state index is 0.340. The molecule has 1 aromatic carbocycles. The van der Waals surface area contributed by atoms with E-state index < -0.39 is 0 Å². The minimum atomic E-state index is 0.340. The normalized spacial score (nSPS) is 10.4. The molecule has 0 saturated heterocycles. The fourth-order valence-electron chi connectivity index (χ4n) is 1.08. The molecule has 0 aliphatic heterocycles. The molecule has 0 amide bonds. The van der Waals surface area contributed by atoms with Crippen molar-refractivity contribution in [2.75, 3.05) is 6.61 Å². The van der Waals surface area contributed by atoms with Crippen LogP contribution < -0.4 is 4.74 Å². The van der Waals surface area contributed by atoms with Gasteiger partial charge in [-0.15, -0.1) is 0 Å². The van der Waals surface area contributed by atoms with Gasteiger partial charge in [-0.05, 0) is 24.6 Å². The van der Waals surface area contributed by atoms with Crippen LogP contribution in [0, 0.1) is 0 Å². The second kappa shape index (κ2) is 5.97. The van der Waals surface area contributed by atoms with E-state index in [2.05, 4.69) is 0 Å². The lowest BCUT2D eigenvalue weighted by molar-refractivity contribution is 0.340. The molecule has 0 N–H and O–H groups in total. The van der Waals surface area contributed by atoms with Crippen LogP contribution in [0.25, 0.3) is 6.08 Å². The first-order valence-electron chi connectivity index (χ1n) is 4.61. The minimum Gasteiger partial charge on any atom is -0.494 e. The van der Waals surface area contributed by atoms with Crippen molar-refractivity contribution >= 4 is 12.4 Å². The Labute approximate surface area is 84.2 Å². The number of allylic oxidation sites excluding steroid dienone is 1. The van der Waals surface area contributed by atoms with Gasteiger partial charge in [-0.25, -0.2) is 0 Å². The maximum absolute atomic E-state index is 9.94. The molecule has 2 nitrogen and oxygen atoms in total. The average molecular weight is 189 g/mol. The summed E-state index contributed by atoms with van der Waals surface area (Å²) in [6, 6.07) is 7.72. The lowest BCUT2D eigenvalue weighted by atomic mass is 10.2. The fourth-order valence-corrected chi connectivity index (χ4v) is 1.08. The highest BCUT2D eigenvalue weighted by atomic mass is 16.5. The molecule has 0 saturated carbocycles. The summed E-state index contributed by atoms with van der Waals surface area (Å²) in [6.45, 7) is 2.63. The quantitative estimate of drug-likeness (QED) is 0.711. The van der Waals surface area contributed by atoms with Gasteiger partial charge < -0.3 is 4.74 Å². The summed E-state index contributed by atoms with van der Waals surface area (Å²) in [4.78, 5) is 9.94. The predicted octanol–water partition coefficient (Wildman–Crippen LogP) is 2.60. The van der Waals surface area contributed by atoms with Crippen LogP contribution in [-0.2, 0) is 4.79 Å². The molecule has 0 spiro atoms. The van der Waals surface area contributed by atoms with E-state index in [1.54, 1.807) is 6.08 Å². The molecular weight excluding hydrogens is 176 g/mol. The second-order valence-electron chi connectivity index (χ2n) is 2.75. The van der Waals surface area contributed by atoms with Crippen molar-refractivity contribution in [3.05, 3.63) is 35.9 Å². The van der Waals surface area contributed by atoms with Crippen LogP contribution in [0.3, 0.4) is 0 Å². The van der Waals surface area contributed by atoms with Crippen LogP contribution in [0.4, 0.5) is 0 Å². The van der Waals surface area contributed by atoms with Gasteiger partial charge in [0.1, 0.15) is 5.75 Å². The van der Waals surface area contributed by atoms with Gasteiger partial charge in [0.05, 0.1) is 6.61 Å². The Morgan fingerprint density at radius 1 is 1.36 bits per heavy atom. The van der Waals surface area contributed by atoms with E-state index in [4.69, 9.17) is 4.74 Å². The Kier molecular flexibility index (Phi) is 4.48. The van der Waals surface area contributed by atoms with E-state index in [1.807, 2.05) is 43.6 Å². The zero-order valence-electron chi connectivity index (χ0n) is 8.19. The zero-order valence-corrected chi connectivity index (χ0v) is 8.19. The van der Waals surface area contributed by atoms with E-state index >= 15 is 0 Å². The molecule has 1 radical (unpaired) electrons. The molecule has 73 valence electrons. The molecule has 0 unspecified atom stereocenters. The maximum Gasteiger partial charge on any atom is 0.202 e. The fraction of sp³-hybridized carbons (Fsp3) is 0.250. The summed E-state index contributed by atoms with van der Waals surface area (Å²) in [5, 5.41) is 0. The van der Waals surface area contributed by atoms with Crippen LogP contribution in [0.15, 0.2) is 30.3 Å². The van der Waals surface area contributed by atoms with E-state index in [0.29, 0.717) is 13.0 Å². The van der Waals surface area contributed by atoms with Crippen molar-refractivity contribution in [3.8, 4) is 5.75 Å². The second-order valence-corrected chi connectivity index (χ2v) is 2.75. The predicted molar refractivity (Wildman–Crippen MR) is 57.0 cm³/mol. The molecule has 0 heterocycles. The van der Waals surface area contributed by atoms with Gasteiger partial charge in [0.25, 0.3) is 0 Å². The van der Waals surface area contributed by atoms with Crippen LogP contribution in [0.2, 0.25) is 0 Å². The first-order chi connectivity index (χ1) is 6.86. The molecule has 0 bridgehead atoms. The maximum atomic E-state index is 9.94. The molecule has 0 aromatic heterocycles. The molecule has 0 fully saturated rings. The molecule has 2 heteroatoms. The zero-order chi connectivity index (χ0) is 10.2. The summed E-state index contributed by atoms with van der Waals surface area (Å²) in [5.41, 5.74) is 1.06. The van der Waals surface area contributed by atoms with Gasteiger partial charge in [-0.1, -0.05) is 24.3 Å².